The zero-order valence-corrected chi connectivity index (χ0v) is 23.7. The summed E-state index contributed by atoms with van der Waals surface area (Å²) in [6.07, 6.45) is 4.18. The van der Waals surface area contributed by atoms with Gasteiger partial charge >= 0.3 is 0 Å². The first-order valence-electron chi connectivity index (χ1n) is 12.9. The Labute approximate surface area is 246 Å². The molecule has 10 heteroatoms. The van der Waals surface area contributed by atoms with E-state index in [-0.39, 0.29) is 56.6 Å². The second-order valence-corrected chi connectivity index (χ2v) is 9.81. The van der Waals surface area contributed by atoms with Crippen molar-refractivity contribution < 1.29 is 49.1 Å². The van der Waals surface area contributed by atoms with Gasteiger partial charge in [0.1, 0.15) is 28.7 Å². The van der Waals surface area contributed by atoms with E-state index in [9.17, 15) is 39.6 Å². The van der Waals surface area contributed by atoms with Crippen LogP contribution >= 0.6 is 0 Å². The van der Waals surface area contributed by atoms with E-state index in [1.807, 2.05) is 12.1 Å². The molecule has 2 aliphatic carbocycles. The van der Waals surface area contributed by atoms with Crippen LogP contribution in [0.3, 0.4) is 0 Å². The predicted octanol–water partition coefficient (Wildman–Crippen LogP) is 4.47. The van der Waals surface area contributed by atoms with Gasteiger partial charge in [-0.2, -0.15) is 0 Å². The van der Waals surface area contributed by atoms with E-state index in [1.54, 1.807) is 25.3 Å². The van der Waals surface area contributed by atoms with Gasteiger partial charge in [0, 0.05) is 17.6 Å². The number of carbonyl (C=O) groups excluding carboxylic acids is 4. The summed E-state index contributed by atoms with van der Waals surface area (Å²) < 4.78 is 9.98. The van der Waals surface area contributed by atoms with Crippen molar-refractivity contribution in [2.24, 2.45) is 0 Å². The summed E-state index contributed by atoms with van der Waals surface area (Å²) in [7, 11) is 2.95. The van der Waals surface area contributed by atoms with E-state index in [1.165, 1.54) is 33.1 Å². The number of ketones is 4. The fourth-order valence-electron chi connectivity index (χ4n) is 4.94. The Morgan fingerprint density at radius 2 is 1.19 bits per heavy atom. The highest BCUT2D eigenvalue weighted by Gasteiger charge is 2.39. The molecule has 3 aromatic rings. The molecule has 0 aliphatic heterocycles. The third kappa shape index (κ3) is 5.26. The van der Waals surface area contributed by atoms with Gasteiger partial charge in [0.05, 0.1) is 36.5 Å². The summed E-state index contributed by atoms with van der Waals surface area (Å²) in [5, 5.41) is 40.1. The summed E-state index contributed by atoms with van der Waals surface area (Å²) in [6.45, 7) is 6.70. The van der Waals surface area contributed by atoms with Gasteiger partial charge in [-0.15, -0.1) is 6.58 Å². The van der Waals surface area contributed by atoms with E-state index in [0.717, 1.165) is 23.4 Å². The molecule has 1 atom stereocenters. The second-order valence-electron chi connectivity index (χ2n) is 9.81. The minimum atomic E-state index is -0.825. The summed E-state index contributed by atoms with van der Waals surface area (Å²) in [5.74, 6) is -3.56. The number of benzene rings is 3. The summed E-state index contributed by atoms with van der Waals surface area (Å²) in [5.41, 5.74) is 0.214. The van der Waals surface area contributed by atoms with Crippen molar-refractivity contribution >= 4 is 23.1 Å². The summed E-state index contributed by atoms with van der Waals surface area (Å²) >= 11 is 0. The summed E-state index contributed by atoms with van der Waals surface area (Å²) in [4.78, 5) is 49.2. The van der Waals surface area contributed by atoms with Gasteiger partial charge in [-0.1, -0.05) is 18.2 Å². The lowest BCUT2D eigenvalue weighted by Crippen LogP contribution is -2.22. The molecular weight excluding hydrogens is 556 g/mol. The van der Waals surface area contributed by atoms with Crippen LogP contribution in [0.2, 0.25) is 0 Å². The number of allylic oxidation sites excluding steroid dienone is 4. The molecule has 0 amide bonds. The molecule has 0 saturated heterocycles. The average Bonchev–Trinajstić information content (AvgIpc) is 2.98. The second kappa shape index (κ2) is 11.7. The number of phenolic OH excluding ortho intramolecular Hbond substituents is 4. The molecule has 43 heavy (non-hydrogen) atoms. The lowest BCUT2D eigenvalue weighted by atomic mass is 9.80. The predicted molar refractivity (Wildman–Crippen MR) is 155 cm³/mol. The molecule has 0 spiro atoms. The van der Waals surface area contributed by atoms with Crippen molar-refractivity contribution in [2.45, 2.75) is 19.8 Å². The maximum atomic E-state index is 12.6. The molecule has 10 nitrogen and oxygen atoms in total. The summed E-state index contributed by atoms with van der Waals surface area (Å²) in [6, 6.07) is 9.63. The van der Waals surface area contributed by atoms with Gasteiger partial charge in [0.2, 0.25) is 17.3 Å². The van der Waals surface area contributed by atoms with Gasteiger partial charge in [-0.05, 0) is 60.9 Å². The van der Waals surface area contributed by atoms with E-state index >= 15 is 0 Å². The Hall–Kier alpha value is -5.64. The first-order valence-corrected chi connectivity index (χ1v) is 12.9. The molecular formula is C33H28O10. The van der Waals surface area contributed by atoms with Gasteiger partial charge < -0.3 is 29.9 Å². The van der Waals surface area contributed by atoms with E-state index in [4.69, 9.17) is 9.47 Å². The number of ether oxygens (including phenoxy) is 2. The number of hydrogen-bond donors (Lipinski definition) is 4. The zero-order chi connectivity index (χ0) is 31.7. The third-order valence-corrected chi connectivity index (χ3v) is 7.19. The van der Waals surface area contributed by atoms with Crippen molar-refractivity contribution in [3.63, 3.8) is 0 Å². The van der Waals surface area contributed by atoms with Gasteiger partial charge in [0.25, 0.3) is 0 Å². The Bertz CT molecular complexity index is 1700. The number of hydrogen-bond acceptors (Lipinski definition) is 10. The zero-order valence-electron chi connectivity index (χ0n) is 23.7. The normalized spacial score (nSPS) is 14.4. The molecule has 0 saturated carbocycles. The van der Waals surface area contributed by atoms with Crippen molar-refractivity contribution in [1.82, 2.24) is 0 Å². The first-order chi connectivity index (χ1) is 20.4. The highest BCUT2D eigenvalue weighted by Crippen LogP contribution is 2.45. The number of fused-ring (bicyclic) bond motifs is 2. The SMILES string of the molecule is C=CC(C1=CC(=O)C(OC)=CC1=O)c1ccc(OC)cc1.Cc1cc(O)c2c(c1O)C(=O)c1c(O)cc(C)c(O)c1C2=O. The Kier molecular flexibility index (Phi) is 8.24. The minimum Gasteiger partial charge on any atom is -0.507 e. The average molecular weight is 585 g/mol. The van der Waals surface area contributed by atoms with Crippen LogP contribution in [0.15, 0.2) is 72.5 Å². The molecule has 0 radical (unpaired) electrons. The fourth-order valence-corrected chi connectivity index (χ4v) is 4.94. The number of rotatable bonds is 5. The van der Waals surface area contributed by atoms with Crippen LogP contribution in [-0.2, 0) is 14.3 Å². The Balaban J connectivity index is 0.000000197. The Morgan fingerprint density at radius 1 is 0.698 bits per heavy atom. The first kappa shape index (κ1) is 30.3. The molecule has 5 rings (SSSR count). The number of aromatic hydroxyl groups is 4. The molecule has 4 N–H and O–H groups in total. The lowest BCUT2D eigenvalue weighted by Gasteiger charge is -2.22. The van der Waals surface area contributed by atoms with Gasteiger partial charge in [0.15, 0.2) is 11.5 Å². The minimum absolute atomic E-state index is 0.0568. The van der Waals surface area contributed by atoms with Crippen LogP contribution < -0.4 is 4.74 Å². The molecule has 2 aliphatic rings. The standard InChI is InChI=1S/C17H16O4.C16H12O6/c1-4-13(11-5-7-12(20-2)8-6-11)14-9-16(19)17(21-3)10-15(14)18;1-5-3-7(17)9-11(13(5)19)15(21)10-8(18)4-6(2)14(20)12(10)16(9)22/h4-10,13H,1H2,2-3H3;3-4,17-20H,1-2H3. The number of methoxy groups -OCH3 is 2. The lowest BCUT2D eigenvalue weighted by molar-refractivity contribution is -0.117. The Morgan fingerprint density at radius 3 is 1.60 bits per heavy atom. The van der Waals surface area contributed by atoms with Crippen LogP contribution in [0.1, 0.15) is 54.5 Å². The van der Waals surface area contributed by atoms with Crippen LogP contribution in [0.25, 0.3) is 0 Å². The van der Waals surface area contributed by atoms with Crippen molar-refractivity contribution in [3.05, 3.63) is 111 Å². The molecule has 1 unspecified atom stereocenters. The van der Waals surface area contributed by atoms with Crippen molar-refractivity contribution in [2.75, 3.05) is 14.2 Å². The van der Waals surface area contributed by atoms with E-state index in [2.05, 4.69) is 6.58 Å². The third-order valence-electron chi connectivity index (χ3n) is 7.19. The van der Waals surface area contributed by atoms with E-state index in [0.29, 0.717) is 5.57 Å². The topological polar surface area (TPSA) is 168 Å². The smallest absolute Gasteiger partial charge is 0.220 e. The molecule has 0 bridgehead atoms. The number of carbonyl (C=O) groups is 4. The maximum Gasteiger partial charge on any atom is 0.220 e. The quantitative estimate of drug-likeness (QED) is 0.149. The van der Waals surface area contributed by atoms with Crippen molar-refractivity contribution in [3.8, 4) is 28.7 Å². The molecule has 0 heterocycles. The molecule has 220 valence electrons. The molecule has 0 aromatic heterocycles. The monoisotopic (exact) mass is 584 g/mol. The van der Waals surface area contributed by atoms with Gasteiger partial charge in [-0.25, -0.2) is 0 Å². The van der Waals surface area contributed by atoms with Crippen LogP contribution in [-0.4, -0.2) is 57.8 Å². The number of phenols is 4. The van der Waals surface area contributed by atoms with Gasteiger partial charge in [-0.3, -0.25) is 19.2 Å². The maximum absolute atomic E-state index is 12.6. The van der Waals surface area contributed by atoms with Crippen LogP contribution in [0.4, 0.5) is 0 Å². The number of aryl methyl sites for hydroxylation is 2. The molecule has 0 fully saturated rings. The van der Waals surface area contributed by atoms with Crippen molar-refractivity contribution in [1.29, 1.82) is 0 Å². The largest absolute Gasteiger partial charge is 0.507 e. The van der Waals surface area contributed by atoms with Crippen LogP contribution in [0.5, 0.6) is 28.7 Å². The molecule has 3 aromatic carbocycles. The van der Waals surface area contributed by atoms with E-state index < -0.39 is 34.6 Å². The fraction of sp³-hybridized carbons (Fsp3) is 0.152. The van der Waals surface area contributed by atoms with Crippen LogP contribution in [0, 0.1) is 13.8 Å². The highest BCUT2D eigenvalue weighted by molar-refractivity contribution is 6.32. The highest BCUT2D eigenvalue weighted by atomic mass is 16.5.